The van der Waals surface area contributed by atoms with E-state index in [1.165, 1.54) is 40.9 Å². The van der Waals surface area contributed by atoms with Crippen LogP contribution in [0.2, 0.25) is 5.02 Å². The van der Waals surface area contributed by atoms with E-state index >= 15 is 0 Å². The van der Waals surface area contributed by atoms with Crippen LogP contribution in [0.3, 0.4) is 0 Å². The van der Waals surface area contributed by atoms with E-state index in [-0.39, 0.29) is 10.6 Å². The Balaban J connectivity index is 2.28. The van der Waals surface area contributed by atoms with Crippen LogP contribution in [-0.4, -0.2) is 19.8 Å². The van der Waals surface area contributed by atoms with Crippen molar-refractivity contribution in [1.29, 1.82) is 0 Å². The Morgan fingerprint density at radius 3 is 2.68 bits per heavy atom. The molecule has 19 heavy (non-hydrogen) atoms. The molecule has 0 atom stereocenters. The lowest BCUT2D eigenvalue weighted by atomic mass is 10.3. The molecule has 2 rings (SSSR count). The van der Waals surface area contributed by atoms with Gasteiger partial charge in [0.2, 0.25) is 10.0 Å². The summed E-state index contributed by atoms with van der Waals surface area (Å²) in [6, 6.07) is 6.22. The van der Waals surface area contributed by atoms with Gasteiger partial charge in [-0.15, -0.1) is 0 Å². The number of sulfonamides is 1. The topological polar surface area (TPSA) is 63.4 Å². The Labute approximate surface area is 121 Å². The molecule has 0 aliphatic heterocycles. The molecule has 1 aromatic carbocycles. The van der Waals surface area contributed by atoms with Crippen LogP contribution in [0.1, 0.15) is 5.56 Å². The molecule has 0 unspecified atom stereocenters. The number of benzene rings is 1. The molecule has 0 radical (unpaired) electrons. The van der Waals surface area contributed by atoms with E-state index in [9.17, 15) is 8.42 Å². The zero-order valence-electron chi connectivity index (χ0n) is 10.2. The quantitative estimate of drug-likeness (QED) is 0.882. The number of nitrogen functional groups attached to an aromatic ring is 1. The molecule has 0 saturated carbocycles. The third-order valence-corrected chi connectivity index (χ3v) is 5.54. The van der Waals surface area contributed by atoms with E-state index in [1.54, 1.807) is 0 Å². The first-order valence-electron chi connectivity index (χ1n) is 5.43. The third kappa shape index (κ3) is 3.09. The van der Waals surface area contributed by atoms with E-state index < -0.39 is 10.0 Å². The Morgan fingerprint density at radius 1 is 1.37 bits per heavy atom. The SMILES string of the molecule is CN(Cc1ccsc1)S(=O)(=O)c1ccc(Cl)c(N)c1. The van der Waals surface area contributed by atoms with E-state index in [4.69, 9.17) is 17.3 Å². The molecule has 4 nitrogen and oxygen atoms in total. The molecule has 0 spiro atoms. The lowest BCUT2D eigenvalue weighted by molar-refractivity contribution is 0.467. The fourth-order valence-electron chi connectivity index (χ4n) is 1.59. The molecule has 0 fully saturated rings. The Morgan fingerprint density at radius 2 is 2.11 bits per heavy atom. The molecule has 0 saturated heterocycles. The average molecular weight is 317 g/mol. The summed E-state index contributed by atoms with van der Waals surface area (Å²) in [5.41, 5.74) is 6.85. The smallest absolute Gasteiger partial charge is 0.243 e. The average Bonchev–Trinajstić information content (AvgIpc) is 2.85. The molecule has 0 aliphatic carbocycles. The van der Waals surface area contributed by atoms with E-state index in [1.807, 2.05) is 16.8 Å². The summed E-state index contributed by atoms with van der Waals surface area (Å²) in [5, 5.41) is 4.18. The summed E-state index contributed by atoms with van der Waals surface area (Å²) >= 11 is 7.33. The summed E-state index contributed by atoms with van der Waals surface area (Å²) in [4.78, 5) is 0.145. The molecule has 102 valence electrons. The monoisotopic (exact) mass is 316 g/mol. The molecule has 2 N–H and O–H groups in total. The van der Waals surface area contributed by atoms with E-state index in [0.29, 0.717) is 11.6 Å². The van der Waals surface area contributed by atoms with Gasteiger partial charge in [-0.3, -0.25) is 0 Å². The number of hydrogen-bond acceptors (Lipinski definition) is 4. The number of halogens is 1. The fourth-order valence-corrected chi connectivity index (χ4v) is 3.56. The van der Waals surface area contributed by atoms with Crippen molar-refractivity contribution >= 4 is 38.6 Å². The highest BCUT2D eigenvalue weighted by Gasteiger charge is 2.21. The highest BCUT2D eigenvalue weighted by atomic mass is 35.5. The molecule has 7 heteroatoms. The molecular formula is C12H13ClN2O2S2. The Bertz CT molecular complexity index is 669. The second kappa shape index (κ2) is 5.50. The first-order valence-corrected chi connectivity index (χ1v) is 8.20. The van der Waals surface area contributed by atoms with Crippen molar-refractivity contribution in [1.82, 2.24) is 4.31 Å². The van der Waals surface area contributed by atoms with Crippen LogP contribution in [-0.2, 0) is 16.6 Å². The summed E-state index contributed by atoms with van der Waals surface area (Å²) in [7, 11) is -2.02. The highest BCUT2D eigenvalue weighted by Crippen LogP contribution is 2.24. The molecule has 0 aliphatic rings. The summed E-state index contributed by atoms with van der Waals surface area (Å²) < 4.78 is 26.0. The van der Waals surface area contributed by atoms with Crippen molar-refractivity contribution in [3.63, 3.8) is 0 Å². The van der Waals surface area contributed by atoms with Crippen molar-refractivity contribution in [2.75, 3.05) is 12.8 Å². The largest absolute Gasteiger partial charge is 0.397 e. The molecule has 1 heterocycles. The third-order valence-electron chi connectivity index (χ3n) is 2.66. The minimum Gasteiger partial charge on any atom is -0.397 e. The number of nitrogens with zero attached hydrogens (tertiary/aromatic N) is 1. The van der Waals surface area contributed by atoms with Crippen LogP contribution in [0.25, 0.3) is 0 Å². The zero-order valence-corrected chi connectivity index (χ0v) is 12.6. The number of rotatable bonds is 4. The van der Waals surface area contributed by atoms with Crippen molar-refractivity contribution in [2.24, 2.45) is 0 Å². The maximum Gasteiger partial charge on any atom is 0.243 e. The number of hydrogen-bond donors (Lipinski definition) is 1. The Hall–Kier alpha value is -1.08. The predicted octanol–water partition coefficient (Wildman–Crippen LogP) is 2.80. The van der Waals surface area contributed by atoms with Crippen LogP contribution in [0, 0.1) is 0 Å². The van der Waals surface area contributed by atoms with Gasteiger partial charge in [0.15, 0.2) is 0 Å². The molecule has 0 amide bonds. The second-order valence-electron chi connectivity index (χ2n) is 4.08. The molecule has 0 bridgehead atoms. The summed E-state index contributed by atoms with van der Waals surface area (Å²) in [5.74, 6) is 0. The Kier molecular flexibility index (Phi) is 4.15. The van der Waals surface area contributed by atoms with Gasteiger partial charge >= 0.3 is 0 Å². The van der Waals surface area contributed by atoms with Gasteiger partial charge in [0, 0.05) is 13.6 Å². The fraction of sp³-hybridized carbons (Fsp3) is 0.167. The lowest BCUT2D eigenvalue weighted by Gasteiger charge is -2.17. The number of nitrogens with two attached hydrogens (primary N) is 1. The lowest BCUT2D eigenvalue weighted by Crippen LogP contribution is -2.26. The molecule has 1 aromatic heterocycles. The van der Waals surface area contributed by atoms with Gasteiger partial charge in [-0.2, -0.15) is 15.6 Å². The standard InChI is InChI=1S/C12H13ClN2O2S2/c1-15(7-9-4-5-18-8-9)19(16,17)10-2-3-11(13)12(14)6-10/h2-6,8H,7,14H2,1H3. The van der Waals surface area contributed by atoms with Crippen molar-refractivity contribution in [2.45, 2.75) is 11.4 Å². The van der Waals surface area contributed by atoms with Crippen LogP contribution in [0.4, 0.5) is 5.69 Å². The van der Waals surface area contributed by atoms with Gasteiger partial charge in [-0.05, 0) is 40.6 Å². The minimum atomic E-state index is -3.56. The first kappa shape index (κ1) is 14.3. The van der Waals surface area contributed by atoms with Gasteiger partial charge in [0.05, 0.1) is 15.6 Å². The maximum absolute atomic E-state index is 12.4. The van der Waals surface area contributed by atoms with Gasteiger partial charge in [0.1, 0.15) is 0 Å². The van der Waals surface area contributed by atoms with Crippen LogP contribution >= 0.6 is 22.9 Å². The van der Waals surface area contributed by atoms with Gasteiger partial charge < -0.3 is 5.73 Å². The molecular weight excluding hydrogens is 304 g/mol. The number of thiophene rings is 1. The normalized spacial score (nSPS) is 11.9. The van der Waals surface area contributed by atoms with Gasteiger partial charge in [-0.25, -0.2) is 8.42 Å². The molecule has 2 aromatic rings. The van der Waals surface area contributed by atoms with Gasteiger partial charge in [0.25, 0.3) is 0 Å². The summed E-state index contributed by atoms with van der Waals surface area (Å²) in [6.07, 6.45) is 0. The minimum absolute atomic E-state index is 0.145. The highest BCUT2D eigenvalue weighted by molar-refractivity contribution is 7.89. The van der Waals surface area contributed by atoms with Gasteiger partial charge in [-0.1, -0.05) is 11.6 Å². The number of anilines is 1. The zero-order chi connectivity index (χ0) is 14.0. The van der Waals surface area contributed by atoms with Crippen LogP contribution < -0.4 is 5.73 Å². The first-order chi connectivity index (χ1) is 8.91. The van der Waals surface area contributed by atoms with E-state index in [2.05, 4.69) is 0 Å². The van der Waals surface area contributed by atoms with Crippen molar-refractivity contribution in [3.05, 3.63) is 45.6 Å². The second-order valence-corrected chi connectivity index (χ2v) is 7.31. The van der Waals surface area contributed by atoms with Crippen molar-refractivity contribution < 1.29 is 8.42 Å². The van der Waals surface area contributed by atoms with E-state index in [0.717, 1.165) is 5.56 Å². The maximum atomic E-state index is 12.4. The van der Waals surface area contributed by atoms with Crippen LogP contribution in [0.15, 0.2) is 39.9 Å². The predicted molar refractivity (Wildman–Crippen MR) is 78.8 cm³/mol. The van der Waals surface area contributed by atoms with Crippen molar-refractivity contribution in [3.8, 4) is 0 Å². The summed E-state index contributed by atoms with van der Waals surface area (Å²) in [6.45, 7) is 0.328. The van der Waals surface area contributed by atoms with Crippen LogP contribution in [0.5, 0.6) is 0 Å².